The Kier molecular flexibility index (Phi) is 6.63. The van der Waals surface area contributed by atoms with Crippen molar-refractivity contribution in [2.24, 2.45) is 0 Å². The number of urea groups is 1. The number of benzene rings is 1. The number of hydrogen-bond donors (Lipinski definition) is 2. The van der Waals surface area contributed by atoms with Gasteiger partial charge < -0.3 is 24.7 Å². The molecule has 2 N–H and O–H groups in total. The fraction of sp³-hybridized carbons (Fsp3) is 0.320. The van der Waals surface area contributed by atoms with Gasteiger partial charge in [-0.2, -0.15) is 0 Å². The number of aromatic nitrogens is 1. The highest BCUT2D eigenvalue weighted by Crippen LogP contribution is 2.34. The van der Waals surface area contributed by atoms with Crippen molar-refractivity contribution in [1.29, 1.82) is 0 Å². The molecule has 3 amide bonds. The molecule has 0 saturated carbocycles. The summed E-state index contributed by atoms with van der Waals surface area (Å²) < 4.78 is 11.9. The van der Waals surface area contributed by atoms with E-state index in [0.29, 0.717) is 23.7 Å². The monoisotopic (exact) mass is 448 g/mol. The highest BCUT2D eigenvalue weighted by atomic mass is 16.5. The molecule has 0 bridgehead atoms. The van der Waals surface area contributed by atoms with Crippen LogP contribution in [0.25, 0.3) is 0 Å². The average molecular weight is 449 g/mol. The van der Waals surface area contributed by atoms with Gasteiger partial charge in [0.25, 0.3) is 5.91 Å². The van der Waals surface area contributed by atoms with Crippen molar-refractivity contribution < 1.29 is 18.7 Å². The van der Waals surface area contributed by atoms with E-state index in [2.05, 4.69) is 15.6 Å². The normalized spacial score (nSPS) is 15.4. The number of likely N-dealkylation sites (tertiary alicyclic amines) is 1. The van der Waals surface area contributed by atoms with E-state index >= 15 is 0 Å². The maximum atomic E-state index is 13.1. The zero-order valence-corrected chi connectivity index (χ0v) is 19.1. The quantitative estimate of drug-likeness (QED) is 0.549. The van der Waals surface area contributed by atoms with Crippen LogP contribution in [0.5, 0.6) is 11.5 Å². The molecule has 0 aliphatic carbocycles. The Bertz CT molecular complexity index is 1160. The van der Waals surface area contributed by atoms with E-state index in [1.54, 1.807) is 25.2 Å². The van der Waals surface area contributed by atoms with Crippen molar-refractivity contribution >= 4 is 17.6 Å². The van der Waals surface area contributed by atoms with Crippen LogP contribution in [-0.4, -0.2) is 35.4 Å². The summed E-state index contributed by atoms with van der Waals surface area (Å²) in [6.45, 7) is 4.64. The van der Waals surface area contributed by atoms with Crippen LogP contribution in [0.15, 0.2) is 53.1 Å². The second kappa shape index (κ2) is 9.77. The Balaban J connectivity index is 1.48. The smallest absolute Gasteiger partial charge is 0.322 e. The molecular weight excluding hydrogens is 420 g/mol. The van der Waals surface area contributed by atoms with Gasteiger partial charge in [-0.15, -0.1) is 0 Å². The minimum Gasteiger partial charge on any atom is -0.464 e. The zero-order valence-electron chi connectivity index (χ0n) is 19.1. The summed E-state index contributed by atoms with van der Waals surface area (Å²) in [7, 11) is 1.55. The molecule has 1 fully saturated rings. The van der Waals surface area contributed by atoms with Crippen LogP contribution in [-0.2, 0) is 6.42 Å². The van der Waals surface area contributed by atoms with Crippen molar-refractivity contribution in [3.63, 3.8) is 0 Å². The predicted octanol–water partition coefficient (Wildman–Crippen LogP) is 5.07. The number of furan rings is 1. The second-order valence-electron chi connectivity index (χ2n) is 7.98. The van der Waals surface area contributed by atoms with E-state index < -0.39 is 0 Å². The Hall–Kier alpha value is -3.81. The van der Waals surface area contributed by atoms with E-state index in [4.69, 9.17) is 9.15 Å². The van der Waals surface area contributed by atoms with Gasteiger partial charge in [0.15, 0.2) is 0 Å². The van der Waals surface area contributed by atoms with Gasteiger partial charge in [0.2, 0.25) is 0 Å². The molecule has 172 valence electrons. The van der Waals surface area contributed by atoms with Crippen LogP contribution in [0, 0.1) is 6.92 Å². The molecule has 1 unspecified atom stereocenters. The minimum atomic E-state index is -0.291. The number of amides is 3. The van der Waals surface area contributed by atoms with E-state index in [0.717, 1.165) is 36.3 Å². The number of nitrogens with zero attached hydrogens (tertiary/aromatic N) is 2. The molecule has 3 aromatic rings. The lowest BCUT2D eigenvalue weighted by Gasteiger charge is -2.24. The Morgan fingerprint density at radius 3 is 2.82 bits per heavy atom. The summed E-state index contributed by atoms with van der Waals surface area (Å²) in [4.78, 5) is 30.8. The lowest BCUT2D eigenvalue weighted by molar-refractivity contribution is 0.0957. The van der Waals surface area contributed by atoms with Gasteiger partial charge in [0.1, 0.15) is 28.7 Å². The number of anilines is 1. The molecule has 4 rings (SSSR count). The third-order valence-electron chi connectivity index (χ3n) is 5.73. The Morgan fingerprint density at radius 2 is 2.06 bits per heavy atom. The SMILES string of the molecule is CCc1ccc(C2CCCN2C(=O)Nc2ccc(C)c(Oc3ccnc(C(=O)NC)c3)c2)o1. The van der Waals surface area contributed by atoms with Crippen LogP contribution < -0.4 is 15.4 Å². The van der Waals surface area contributed by atoms with Crippen LogP contribution >= 0.6 is 0 Å². The number of carbonyl (C=O) groups is 2. The maximum Gasteiger partial charge on any atom is 0.322 e. The third-order valence-corrected chi connectivity index (χ3v) is 5.73. The van der Waals surface area contributed by atoms with Crippen molar-refractivity contribution in [2.45, 2.75) is 39.2 Å². The zero-order chi connectivity index (χ0) is 23.4. The molecule has 2 aromatic heterocycles. The summed E-state index contributed by atoms with van der Waals surface area (Å²) in [5, 5.41) is 5.53. The number of nitrogens with one attached hydrogen (secondary N) is 2. The maximum absolute atomic E-state index is 13.1. The van der Waals surface area contributed by atoms with Gasteiger partial charge in [-0.1, -0.05) is 13.0 Å². The number of hydrogen-bond acceptors (Lipinski definition) is 5. The molecule has 1 aliphatic rings. The summed E-state index contributed by atoms with van der Waals surface area (Å²) >= 11 is 0. The van der Waals surface area contributed by atoms with Crippen molar-refractivity contribution in [3.05, 3.63) is 71.4 Å². The van der Waals surface area contributed by atoms with E-state index in [1.807, 2.05) is 43.0 Å². The predicted molar refractivity (Wildman–Crippen MR) is 125 cm³/mol. The van der Waals surface area contributed by atoms with Gasteiger partial charge in [0, 0.05) is 44.0 Å². The van der Waals surface area contributed by atoms with Crippen LogP contribution in [0.1, 0.15) is 53.4 Å². The standard InChI is InChI=1S/C25H28N4O4/c1-4-18-9-10-22(32-18)21-6-5-13-29(21)25(31)28-17-8-7-16(2)23(14-17)33-19-11-12-27-20(15-19)24(30)26-3/h7-12,14-15,21H,4-6,13H2,1-3H3,(H,26,30)(H,28,31). The summed E-state index contributed by atoms with van der Waals surface area (Å²) in [6.07, 6.45) is 4.15. The van der Waals surface area contributed by atoms with E-state index in [-0.39, 0.29) is 23.7 Å². The molecule has 0 spiro atoms. The van der Waals surface area contributed by atoms with Gasteiger partial charge in [-0.05, 0) is 49.6 Å². The fourth-order valence-corrected chi connectivity index (χ4v) is 3.91. The number of rotatable bonds is 6. The topological polar surface area (TPSA) is 96.7 Å². The lowest BCUT2D eigenvalue weighted by atomic mass is 10.1. The van der Waals surface area contributed by atoms with Crippen molar-refractivity contribution in [2.75, 3.05) is 18.9 Å². The molecule has 0 radical (unpaired) electrons. The number of aryl methyl sites for hydroxylation is 2. The van der Waals surface area contributed by atoms with E-state index in [9.17, 15) is 9.59 Å². The molecule has 1 aromatic carbocycles. The molecule has 33 heavy (non-hydrogen) atoms. The van der Waals surface area contributed by atoms with Gasteiger partial charge in [0.05, 0.1) is 6.04 Å². The third kappa shape index (κ3) is 5.00. The Morgan fingerprint density at radius 1 is 1.21 bits per heavy atom. The van der Waals surface area contributed by atoms with Gasteiger partial charge >= 0.3 is 6.03 Å². The minimum absolute atomic E-state index is 0.0635. The van der Waals surface area contributed by atoms with Crippen molar-refractivity contribution in [3.8, 4) is 11.5 Å². The molecular formula is C25H28N4O4. The molecule has 1 aliphatic heterocycles. The molecule has 8 nitrogen and oxygen atoms in total. The first-order valence-corrected chi connectivity index (χ1v) is 11.1. The van der Waals surface area contributed by atoms with Gasteiger partial charge in [-0.3, -0.25) is 9.78 Å². The van der Waals surface area contributed by atoms with Crippen LogP contribution in [0.4, 0.5) is 10.5 Å². The first kappa shape index (κ1) is 22.4. The average Bonchev–Trinajstić information content (AvgIpc) is 3.50. The summed E-state index contributed by atoms with van der Waals surface area (Å²) in [5.41, 5.74) is 1.79. The molecule has 3 heterocycles. The number of ether oxygens (including phenoxy) is 1. The first-order chi connectivity index (χ1) is 16.0. The number of carbonyl (C=O) groups excluding carboxylic acids is 2. The second-order valence-corrected chi connectivity index (χ2v) is 7.98. The molecule has 1 saturated heterocycles. The largest absolute Gasteiger partial charge is 0.464 e. The van der Waals surface area contributed by atoms with Crippen LogP contribution in [0.2, 0.25) is 0 Å². The number of pyridine rings is 1. The first-order valence-electron chi connectivity index (χ1n) is 11.1. The summed E-state index contributed by atoms with van der Waals surface area (Å²) in [5.74, 6) is 2.53. The highest BCUT2D eigenvalue weighted by molar-refractivity contribution is 5.92. The fourth-order valence-electron chi connectivity index (χ4n) is 3.91. The molecule has 1 atom stereocenters. The lowest BCUT2D eigenvalue weighted by Crippen LogP contribution is -2.34. The van der Waals surface area contributed by atoms with E-state index in [1.165, 1.54) is 6.20 Å². The van der Waals surface area contributed by atoms with Crippen LogP contribution in [0.3, 0.4) is 0 Å². The summed E-state index contributed by atoms with van der Waals surface area (Å²) in [6, 6.07) is 12.5. The Labute approximate surface area is 192 Å². The van der Waals surface area contributed by atoms with Crippen molar-refractivity contribution in [1.82, 2.24) is 15.2 Å². The highest BCUT2D eigenvalue weighted by Gasteiger charge is 2.32. The van der Waals surface area contributed by atoms with Gasteiger partial charge in [-0.25, -0.2) is 4.79 Å². The molecule has 8 heteroatoms.